The number of nitro groups is 1. The van der Waals surface area contributed by atoms with Gasteiger partial charge in [0.05, 0.1) is 9.82 Å². The molecule has 1 atom stereocenters. The van der Waals surface area contributed by atoms with E-state index in [0.717, 1.165) is 5.56 Å². The summed E-state index contributed by atoms with van der Waals surface area (Å²) < 4.78 is 42.4. The predicted octanol–water partition coefficient (Wildman–Crippen LogP) is 2.43. The molecule has 0 fully saturated rings. The van der Waals surface area contributed by atoms with Gasteiger partial charge in [0, 0.05) is 6.07 Å². The number of aryl methyl sites for hydroxylation is 1. The summed E-state index contributed by atoms with van der Waals surface area (Å²) in [6, 6.07) is 8.33. The van der Waals surface area contributed by atoms with Gasteiger partial charge in [-0.15, -0.1) is 0 Å². The molecule has 2 aromatic carbocycles. The lowest BCUT2D eigenvalue weighted by molar-refractivity contribution is -0.385. The summed E-state index contributed by atoms with van der Waals surface area (Å²) in [5, 5.41) is 11.0. The van der Waals surface area contributed by atoms with Crippen LogP contribution in [0.5, 0.6) is 11.5 Å². The molecule has 9 nitrogen and oxygen atoms in total. The molecule has 0 aliphatic carbocycles. The second-order valence-electron chi connectivity index (χ2n) is 5.91. The molecule has 0 spiro atoms. The first-order valence-corrected chi connectivity index (χ1v) is 9.36. The van der Waals surface area contributed by atoms with Crippen molar-refractivity contribution >= 4 is 22.1 Å². The van der Waals surface area contributed by atoms with Crippen LogP contribution in [0.25, 0.3) is 0 Å². The monoisotopic (exact) mass is 393 g/mol. The second kappa shape index (κ2) is 7.33. The lowest BCUT2D eigenvalue weighted by Gasteiger charge is -2.27. The Labute approximate surface area is 154 Å². The highest BCUT2D eigenvalue weighted by atomic mass is 32.2. The molecule has 10 heteroatoms. The molecule has 1 N–H and O–H groups in total. The molecule has 142 valence electrons. The molecule has 1 heterocycles. The molecule has 0 radical (unpaired) electrons. The standard InChI is InChI=1S/C17H15NO8S/c19-9-14-15(18(20)21)7-8-16-17(14)26-12(10-25-16)4-1-11-2-5-13(6-3-11)27(22,23)24/h2-3,5-9,12H,1,4,10H2,(H,22,23,24). The quantitative estimate of drug-likeness (QED) is 0.342. The Morgan fingerprint density at radius 1 is 1.22 bits per heavy atom. The van der Waals surface area contributed by atoms with E-state index in [2.05, 4.69) is 0 Å². The van der Waals surface area contributed by atoms with E-state index in [1.807, 2.05) is 0 Å². The first-order valence-electron chi connectivity index (χ1n) is 7.92. The molecule has 1 aliphatic heterocycles. The summed E-state index contributed by atoms with van der Waals surface area (Å²) >= 11 is 0. The van der Waals surface area contributed by atoms with Gasteiger partial charge in [0.15, 0.2) is 17.8 Å². The fraction of sp³-hybridized carbons (Fsp3) is 0.235. The van der Waals surface area contributed by atoms with Gasteiger partial charge in [-0.2, -0.15) is 8.42 Å². The maximum atomic E-state index is 11.3. The van der Waals surface area contributed by atoms with Gasteiger partial charge in [0.2, 0.25) is 0 Å². The fourth-order valence-electron chi connectivity index (χ4n) is 2.76. The second-order valence-corrected chi connectivity index (χ2v) is 7.33. The normalized spacial score (nSPS) is 16.0. The molecule has 0 saturated heterocycles. The van der Waals surface area contributed by atoms with Crippen LogP contribution in [-0.4, -0.2) is 36.9 Å². The maximum absolute atomic E-state index is 11.3. The highest BCUT2D eigenvalue weighted by Crippen LogP contribution is 2.39. The van der Waals surface area contributed by atoms with E-state index in [-0.39, 0.29) is 34.3 Å². The smallest absolute Gasteiger partial charge is 0.294 e. The molecule has 1 aliphatic rings. The number of aldehydes is 1. The Kier molecular flexibility index (Phi) is 5.10. The van der Waals surface area contributed by atoms with Crippen LogP contribution in [0.15, 0.2) is 41.3 Å². The number of carbonyl (C=O) groups excluding carboxylic acids is 1. The highest BCUT2D eigenvalue weighted by Gasteiger charge is 2.29. The zero-order chi connectivity index (χ0) is 19.6. The molecule has 0 amide bonds. The average molecular weight is 393 g/mol. The number of hydrogen-bond acceptors (Lipinski definition) is 7. The molecule has 0 aromatic heterocycles. The van der Waals surface area contributed by atoms with Crippen molar-refractivity contribution in [3.63, 3.8) is 0 Å². The van der Waals surface area contributed by atoms with Gasteiger partial charge in [-0.05, 0) is 36.6 Å². The fourth-order valence-corrected chi connectivity index (χ4v) is 3.24. The van der Waals surface area contributed by atoms with Gasteiger partial charge in [-0.25, -0.2) is 0 Å². The molecule has 0 saturated carbocycles. The predicted molar refractivity (Wildman–Crippen MR) is 93.0 cm³/mol. The van der Waals surface area contributed by atoms with Crippen LogP contribution < -0.4 is 9.47 Å². The van der Waals surface area contributed by atoms with Crippen LogP contribution in [0.1, 0.15) is 22.3 Å². The van der Waals surface area contributed by atoms with Gasteiger partial charge in [-0.1, -0.05) is 12.1 Å². The molecular formula is C17H15NO8S. The van der Waals surface area contributed by atoms with Crippen LogP contribution in [0.4, 0.5) is 5.69 Å². The van der Waals surface area contributed by atoms with Crippen molar-refractivity contribution < 1.29 is 32.2 Å². The molecule has 27 heavy (non-hydrogen) atoms. The van der Waals surface area contributed by atoms with Crippen molar-refractivity contribution in [2.45, 2.75) is 23.8 Å². The Balaban J connectivity index is 1.72. The molecule has 2 aromatic rings. The third-order valence-electron chi connectivity index (χ3n) is 4.14. The van der Waals surface area contributed by atoms with Crippen molar-refractivity contribution in [3.8, 4) is 11.5 Å². The minimum absolute atomic E-state index is 0.0529. The lowest BCUT2D eigenvalue weighted by atomic mass is 10.1. The minimum atomic E-state index is -4.24. The number of benzene rings is 2. The molecule has 0 bridgehead atoms. The Morgan fingerprint density at radius 3 is 2.52 bits per heavy atom. The molecule has 3 rings (SSSR count). The van der Waals surface area contributed by atoms with Gasteiger partial charge in [-0.3, -0.25) is 19.5 Å². The van der Waals surface area contributed by atoms with E-state index in [1.165, 1.54) is 24.3 Å². The third kappa shape index (κ3) is 4.07. The summed E-state index contributed by atoms with van der Waals surface area (Å²) in [4.78, 5) is 21.5. The van der Waals surface area contributed by atoms with Crippen molar-refractivity contribution in [1.82, 2.24) is 0 Å². The molecular weight excluding hydrogens is 378 g/mol. The zero-order valence-electron chi connectivity index (χ0n) is 13.9. The Morgan fingerprint density at radius 2 is 1.93 bits per heavy atom. The van der Waals surface area contributed by atoms with Gasteiger partial charge in [0.1, 0.15) is 18.3 Å². The lowest BCUT2D eigenvalue weighted by Crippen LogP contribution is -2.30. The van der Waals surface area contributed by atoms with Crippen molar-refractivity contribution in [1.29, 1.82) is 0 Å². The topological polar surface area (TPSA) is 133 Å². The largest absolute Gasteiger partial charge is 0.486 e. The van der Waals surface area contributed by atoms with E-state index >= 15 is 0 Å². The Bertz CT molecular complexity index is 985. The van der Waals surface area contributed by atoms with Crippen LogP contribution in [0, 0.1) is 10.1 Å². The van der Waals surface area contributed by atoms with E-state index in [4.69, 9.17) is 14.0 Å². The first-order chi connectivity index (χ1) is 12.8. The van der Waals surface area contributed by atoms with Crippen molar-refractivity contribution in [3.05, 3.63) is 57.6 Å². The maximum Gasteiger partial charge on any atom is 0.294 e. The van der Waals surface area contributed by atoms with Crippen LogP contribution in [-0.2, 0) is 16.5 Å². The number of ether oxygens (including phenoxy) is 2. The number of nitro benzene ring substituents is 1. The highest BCUT2D eigenvalue weighted by molar-refractivity contribution is 7.85. The number of fused-ring (bicyclic) bond motifs is 1. The summed E-state index contributed by atoms with van der Waals surface area (Å²) in [6.07, 6.45) is 0.933. The number of hydrogen-bond donors (Lipinski definition) is 1. The van der Waals surface area contributed by atoms with Crippen molar-refractivity contribution in [2.24, 2.45) is 0 Å². The molecule has 1 unspecified atom stereocenters. The van der Waals surface area contributed by atoms with E-state index < -0.39 is 21.1 Å². The number of carbonyl (C=O) groups is 1. The summed E-state index contributed by atoms with van der Waals surface area (Å²) in [5.41, 5.74) is 0.292. The van der Waals surface area contributed by atoms with E-state index in [1.54, 1.807) is 12.1 Å². The van der Waals surface area contributed by atoms with Crippen LogP contribution >= 0.6 is 0 Å². The van der Waals surface area contributed by atoms with E-state index in [0.29, 0.717) is 19.1 Å². The van der Waals surface area contributed by atoms with Gasteiger partial charge in [0.25, 0.3) is 15.8 Å². The Hall–Kier alpha value is -2.98. The number of nitrogens with zero attached hydrogens (tertiary/aromatic N) is 1. The SMILES string of the molecule is O=Cc1c([N+](=O)[O-])ccc2c1OC(CCc1ccc(S(=O)(=O)O)cc1)CO2. The third-order valence-corrected chi connectivity index (χ3v) is 5.00. The van der Waals surface area contributed by atoms with Gasteiger partial charge >= 0.3 is 0 Å². The van der Waals surface area contributed by atoms with Crippen molar-refractivity contribution in [2.75, 3.05) is 6.61 Å². The summed E-state index contributed by atoms with van der Waals surface area (Å²) in [6.45, 7) is 0.214. The van der Waals surface area contributed by atoms with Crippen LogP contribution in [0.2, 0.25) is 0 Å². The first kappa shape index (κ1) is 18.8. The zero-order valence-corrected chi connectivity index (χ0v) is 14.7. The van der Waals surface area contributed by atoms with Gasteiger partial charge < -0.3 is 9.47 Å². The summed E-state index contributed by atoms with van der Waals surface area (Å²) in [7, 11) is -4.24. The summed E-state index contributed by atoms with van der Waals surface area (Å²) in [5.74, 6) is 0.327. The van der Waals surface area contributed by atoms with Crippen LogP contribution in [0.3, 0.4) is 0 Å². The average Bonchev–Trinajstić information content (AvgIpc) is 2.64. The minimum Gasteiger partial charge on any atom is -0.486 e. The van der Waals surface area contributed by atoms with E-state index in [9.17, 15) is 23.3 Å². The number of rotatable bonds is 6.